The van der Waals surface area contributed by atoms with Gasteiger partial charge in [0.05, 0.1) is 11.0 Å². The molecule has 3 atom stereocenters. The van der Waals surface area contributed by atoms with E-state index in [2.05, 4.69) is 90.3 Å². The molecule has 2 amide bonds. The van der Waals surface area contributed by atoms with Crippen molar-refractivity contribution in [3.63, 3.8) is 0 Å². The van der Waals surface area contributed by atoms with E-state index >= 15 is 0 Å². The molecule has 6 rings (SSSR count). The Labute approximate surface area is 263 Å². The molecule has 0 radical (unpaired) electrons. The van der Waals surface area contributed by atoms with Crippen molar-refractivity contribution in [3.8, 4) is 0 Å². The van der Waals surface area contributed by atoms with Gasteiger partial charge in [0.1, 0.15) is 11.2 Å². The molecule has 1 aromatic heterocycles. The first-order valence-electron chi connectivity index (χ1n) is 16.7. The third kappa shape index (κ3) is 4.86. The molecular weight excluding hydrogens is 546 g/mol. The number of hydrogen-bond donors (Lipinski definition) is 1. The van der Waals surface area contributed by atoms with E-state index in [1.807, 2.05) is 4.90 Å². The van der Waals surface area contributed by atoms with Crippen molar-refractivity contribution in [3.05, 3.63) is 66.0 Å². The smallest absolute Gasteiger partial charge is 0.237 e. The number of carbonyl (C=O) groups is 2. The molecule has 0 spiro atoms. The monoisotopic (exact) mass is 597 g/mol. The molecule has 1 aliphatic heterocycles. The topological polar surface area (TPSA) is 70.5 Å². The Hall–Kier alpha value is -3.19. The van der Waals surface area contributed by atoms with Gasteiger partial charge in [-0.3, -0.25) is 9.59 Å². The number of hydrogen-bond acceptors (Lipinski definition) is 4. The Bertz CT molecular complexity index is 1520. The number of nitrogens with zero attached hydrogens (tertiary/aromatic N) is 4. The molecule has 236 valence electrons. The maximum Gasteiger partial charge on any atom is 0.237 e. The van der Waals surface area contributed by atoms with Crippen LogP contribution in [-0.2, 0) is 15.0 Å². The van der Waals surface area contributed by atoms with Gasteiger partial charge in [0.25, 0.3) is 0 Å². The number of para-hydroxylation sites is 2. The summed E-state index contributed by atoms with van der Waals surface area (Å²) >= 11 is 0. The van der Waals surface area contributed by atoms with Crippen LogP contribution in [0.2, 0.25) is 0 Å². The normalized spacial score (nSPS) is 26.7. The molecule has 2 aliphatic carbocycles. The number of carbonyl (C=O) groups excluding carboxylic acids is 2. The number of aryl methyl sites for hydroxylation is 1. The first kappa shape index (κ1) is 30.8. The standard InChI is InChI=1S/C37H51N5O2/c1-27-39-30-14-10-11-15-31(30)42(27)29-16-17-37(19-18-35(37,4)26-29)40(6)23-20-36(28-12-8-7-9-13-28)21-24-41(25-22-36)33(44)34(2,3)32(43)38-5/h7-15,29H,16-26H2,1-6H3,(H,38,43)/t29-,35?,37?/m0/s1. The lowest BCUT2D eigenvalue weighted by atomic mass is 9.48. The van der Waals surface area contributed by atoms with Gasteiger partial charge in [-0.2, -0.15) is 0 Å². The molecule has 2 saturated carbocycles. The van der Waals surface area contributed by atoms with Gasteiger partial charge < -0.3 is 19.7 Å². The maximum absolute atomic E-state index is 13.4. The summed E-state index contributed by atoms with van der Waals surface area (Å²) in [6.07, 6.45) is 9.04. The fraction of sp³-hybridized carbons (Fsp3) is 0.595. The molecule has 3 aromatic rings. The predicted octanol–water partition coefficient (Wildman–Crippen LogP) is 6.26. The molecule has 0 bridgehead atoms. The van der Waals surface area contributed by atoms with E-state index in [0.717, 1.165) is 37.1 Å². The molecule has 2 heterocycles. The van der Waals surface area contributed by atoms with Crippen molar-refractivity contribution in [1.29, 1.82) is 0 Å². The van der Waals surface area contributed by atoms with E-state index in [0.29, 0.717) is 19.1 Å². The molecular formula is C37H51N5O2. The molecule has 2 aromatic carbocycles. The summed E-state index contributed by atoms with van der Waals surface area (Å²) < 4.78 is 2.52. The van der Waals surface area contributed by atoms with Crippen molar-refractivity contribution in [2.75, 3.05) is 33.7 Å². The van der Waals surface area contributed by atoms with Crippen LogP contribution >= 0.6 is 0 Å². The first-order valence-corrected chi connectivity index (χ1v) is 16.7. The van der Waals surface area contributed by atoms with E-state index in [1.165, 1.54) is 43.2 Å². The summed E-state index contributed by atoms with van der Waals surface area (Å²) in [7, 11) is 3.98. The summed E-state index contributed by atoms with van der Waals surface area (Å²) in [5.74, 6) is 0.837. The van der Waals surface area contributed by atoms with E-state index in [1.54, 1.807) is 20.9 Å². The van der Waals surface area contributed by atoms with Gasteiger partial charge in [-0.1, -0.05) is 49.4 Å². The minimum absolute atomic E-state index is 0.0181. The quantitative estimate of drug-likeness (QED) is 0.311. The zero-order valence-corrected chi connectivity index (χ0v) is 27.7. The van der Waals surface area contributed by atoms with Crippen molar-refractivity contribution >= 4 is 22.8 Å². The molecule has 3 fully saturated rings. The fourth-order valence-corrected chi connectivity index (χ4v) is 9.29. The van der Waals surface area contributed by atoms with Crippen LogP contribution in [0.1, 0.15) is 89.6 Å². The van der Waals surface area contributed by atoms with Gasteiger partial charge in [-0.15, -0.1) is 0 Å². The molecule has 1 N–H and O–H groups in total. The van der Waals surface area contributed by atoms with Crippen molar-refractivity contribution in [2.24, 2.45) is 10.8 Å². The number of aromatic nitrogens is 2. The Balaban J connectivity index is 1.17. The first-order chi connectivity index (χ1) is 21.0. The summed E-state index contributed by atoms with van der Waals surface area (Å²) in [4.78, 5) is 35.4. The van der Waals surface area contributed by atoms with Crippen LogP contribution in [-0.4, -0.2) is 70.4 Å². The molecule has 7 heteroatoms. The van der Waals surface area contributed by atoms with Gasteiger partial charge in [-0.05, 0) is 114 Å². The number of rotatable bonds is 8. The minimum Gasteiger partial charge on any atom is -0.358 e. The summed E-state index contributed by atoms with van der Waals surface area (Å²) in [5, 5.41) is 2.67. The van der Waals surface area contributed by atoms with Crippen LogP contribution in [0.5, 0.6) is 0 Å². The van der Waals surface area contributed by atoms with Crippen molar-refractivity contribution in [2.45, 2.75) is 96.1 Å². The second kappa shape index (κ2) is 11.3. The molecule has 44 heavy (non-hydrogen) atoms. The van der Waals surface area contributed by atoms with Gasteiger partial charge in [0.15, 0.2) is 0 Å². The molecule has 1 saturated heterocycles. The van der Waals surface area contributed by atoms with E-state index in [4.69, 9.17) is 4.98 Å². The number of nitrogens with one attached hydrogen (secondary N) is 1. The average Bonchev–Trinajstić information content (AvgIpc) is 3.37. The number of benzene rings is 2. The SMILES string of the molecule is CNC(=O)C(C)(C)C(=O)N1CCC(CCN(C)C23CC[C@H](n4c(C)nc5ccccc54)CC2(C)CC3)(c2ccccc2)CC1. The zero-order chi connectivity index (χ0) is 31.3. The Morgan fingerprint density at radius 3 is 2.32 bits per heavy atom. The maximum atomic E-state index is 13.4. The summed E-state index contributed by atoms with van der Waals surface area (Å²) in [5.41, 5.74) is 3.23. The number of piperidine rings is 1. The van der Waals surface area contributed by atoms with E-state index < -0.39 is 5.41 Å². The highest BCUT2D eigenvalue weighted by Crippen LogP contribution is 2.63. The van der Waals surface area contributed by atoms with Crippen LogP contribution in [0.3, 0.4) is 0 Å². The van der Waals surface area contributed by atoms with Gasteiger partial charge in [0, 0.05) is 31.7 Å². The number of likely N-dealkylation sites (tertiary alicyclic amines) is 1. The van der Waals surface area contributed by atoms with Gasteiger partial charge in [-0.25, -0.2) is 4.98 Å². The summed E-state index contributed by atoms with van der Waals surface area (Å²) in [6.45, 7) is 10.6. The van der Waals surface area contributed by atoms with E-state index in [-0.39, 0.29) is 28.2 Å². The number of fused-ring (bicyclic) bond motifs is 2. The van der Waals surface area contributed by atoms with Crippen molar-refractivity contribution < 1.29 is 9.59 Å². The Morgan fingerprint density at radius 1 is 1.00 bits per heavy atom. The number of imidazole rings is 1. The summed E-state index contributed by atoms with van der Waals surface area (Å²) in [6, 6.07) is 20.0. The van der Waals surface area contributed by atoms with Crippen LogP contribution in [0.25, 0.3) is 11.0 Å². The number of amides is 2. The zero-order valence-electron chi connectivity index (χ0n) is 27.7. The molecule has 7 nitrogen and oxygen atoms in total. The lowest BCUT2D eigenvalue weighted by Gasteiger charge is -2.66. The highest BCUT2D eigenvalue weighted by atomic mass is 16.2. The van der Waals surface area contributed by atoms with Crippen LogP contribution < -0.4 is 5.32 Å². The second-order valence-electron chi connectivity index (χ2n) is 14.8. The average molecular weight is 598 g/mol. The largest absolute Gasteiger partial charge is 0.358 e. The second-order valence-corrected chi connectivity index (χ2v) is 14.8. The van der Waals surface area contributed by atoms with Crippen LogP contribution in [0.15, 0.2) is 54.6 Å². The van der Waals surface area contributed by atoms with Crippen LogP contribution in [0, 0.1) is 17.8 Å². The molecule has 3 aliphatic rings. The predicted molar refractivity (Wildman–Crippen MR) is 176 cm³/mol. The van der Waals surface area contributed by atoms with Gasteiger partial charge >= 0.3 is 0 Å². The van der Waals surface area contributed by atoms with E-state index in [9.17, 15) is 9.59 Å². The highest BCUT2D eigenvalue weighted by Gasteiger charge is 2.60. The lowest BCUT2D eigenvalue weighted by molar-refractivity contribution is -0.150. The molecule has 2 unspecified atom stereocenters. The minimum atomic E-state index is -1.06. The van der Waals surface area contributed by atoms with Crippen molar-refractivity contribution in [1.82, 2.24) is 24.7 Å². The Kier molecular flexibility index (Phi) is 7.92. The fourth-order valence-electron chi connectivity index (χ4n) is 9.29. The van der Waals surface area contributed by atoms with Gasteiger partial charge in [0.2, 0.25) is 11.8 Å². The third-order valence-corrected chi connectivity index (χ3v) is 12.3. The lowest BCUT2D eigenvalue weighted by Crippen LogP contribution is -2.67. The third-order valence-electron chi connectivity index (χ3n) is 12.3. The van der Waals surface area contributed by atoms with Crippen LogP contribution in [0.4, 0.5) is 0 Å². The Morgan fingerprint density at radius 2 is 1.68 bits per heavy atom. The highest BCUT2D eigenvalue weighted by molar-refractivity contribution is 6.04.